The Morgan fingerprint density at radius 3 is 2.61 bits per heavy atom. The van der Waals surface area contributed by atoms with Crippen molar-refractivity contribution in [2.24, 2.45) is 0 Å². The Morgan fingerprint density at radius 2 is 2.00 bits per heavy atom. The van der Waals surface area contributed by atoms with E-state index in [9.17, 15) is 17.6 Å². The van der Waals surface area contributed by atoms with E-state index in [2.05, 4.69) is 0 Å². The first-order valence-corrected chi connectivity index (χ1v) is 9.34. The normalized spacial score (nSPS) is 16.9. The highest BCUT2D eigenvalue weighted by atomic mass is 32.2. The zero-order valence-electron chi connectivity index (χ0n) is 13.3. The highest BCUT2D eigenvalue weighted by Crippen LogP contribution is 2.20. The number of sulfonamides is 1. The van der Waals surface area contributed by atoms with E-state index < -0.39 is 15.8 Å². The highest BCUT2D eigenvalue weighted by Gasteiger charge is 2.24. The lowest BCUT2D eigenvalue weighted by Crippen LogP contribution is -2.37. The van der Waals surface area contributed by atoms with Gasteiger partial charge in [-0.1, -0.05) is 0 Å². The SMILES string of the molecule is CCOc1ccc(C(=O)N2CCCN(S(C)(=O)=O)CC2)cc1F. The summed E-state index contributed by atoms with van der Waals surface area (Å²) in [5.41, 5.74) is 0.235. The van der Waals surface area contributed by atoms with E-state index in [4.69, 9.17) is 4.74 Å². The summed E-state index contributed by atoms with van der Waals surface area (Å²) in [4.78, 5) is 14.0. The number of hydrogen-bond acceptors (Lipinski definition) is 4. The van der Waals surface area contributed by atoms with E-state index >= 15 is 0 Å². The average molecular weight is 344 g/mol. The Morgan fingerprint density at radius 1 is 1.26 bits per heavy atom. The number of hydrogen-bond donors (Lipinski definition) is 0. The lowest BCUT2D eigenvalue weighted by atomic mass is 10.1. The summed E-state index contributed by atoms with van der Waals surface area (Å²) in [6.07, 6.45) is 1.71. The van der Waals surface area contributed by atoms with Gasteiger partial charge in [0.15, 0.2) is 11.6 Å². The van der Waals surface area contributed by atoms with E-state index in [0.29, 0.717) is 32.7 Å². The number of rotatable bonds is 4. The summed E-state index contributed by atoms with van der Waals surface area (Å²) in [6.45, 7) is 3.48. The predicted molar refractivity (Wildman–Crippen MR) is 84.5 cm³/mol. The van der Waals surface area contributed by atoms with Crippen LogP contribution in [0.25, 0.3) is 0 Å². The Labute approximate surface area is 135 Å². The Bertz CT molecular complexity index is 678. The van der Waals surface area contributed by atoms with Crippen LogP contribution in [0.4, 0.5) is 4.39 Å². The van der Waals surface area contributed by atoms with Gasteiger partial charge in [0.1, 0.15) is 0 Å². The molecule has 1 saturated heterocycles. The maximum absolute atomic E-state index is 13.9. The van der Waals surface area contributed by atoms with E-state index in [-0.39, 0.29) is 23.8 Å². The molecule has 6 nitrogen and oxygen atoms in total. The first-order valence-electron chi connectivity index (χ1n) is 7.49. The summed E-state index contributed by atoms with van der Waals surface area (Å²) in [6, 6.07) is 4.12. The van der Waals surface area contributed by atoms with Crippen LogP contribution in [0.5, 0.6) is 5.75 Å². The number of halogens is 1. The number of nitrogens with zero attached hydrogens (tertiary/aromatic N) is 2. The van der Waals surface area contributed by atoms with Gasteiger partial charge in [0.05, 0.1) is 12.9 Å². The van der Waals surface area contributed by atoms with Crippen molar-refractivity contribution in [2.45, 2.75) is 13.3 Å². The van der Waals surface area contributed by atoms with Crippen molar-refractivity contribution in [3.05, 3.63) is 29.6 Å². The minimum absolute atomic E-state index is 0.114. The first-order chi connectivity index (χ1) is 10.8. The molecule has 23 heavy (non-hydrogen) atoms. The minimum Gasteiger partial charge on any atom is -0.491 e. The molecule has 0 aromatic heterocycles. The number of carbonyl (C=O) groups is 1. The third-order valence-electron chi connectivity index (χ3n) is 3.69. The molecule has 0 radical (unpaired) electrons. The van der Waals surface area contributed by atoms with Crippen LogP contribution in [0, 0.1) is 5.82 Å². The first kappa shape index (κ1) is 17.7. The van der Waals surface area contributed by atoms with Crippen LogP contribution in [0.15, 0.2) is 18.2 Å². The predicted octanol–water partition coefficient (Wildman–Crippen LogP) is 1.33. The van der Waals surface area contributed by atoms with Gasteiger partial charge in [-0.3, -0.25) is 4.79 Å². The standard InChI is InChI=1S/C15H21FN2O4S/c1-3-22-14-6-5-12(11-13(14)16)15(19)17-7-4-8-18(10-9-17)23(2,20)21/h5-6,11H,3-4,7-10H2,1-2H3. The van der Waals surface area contributed by atoms with Crippen molar-refractivity contribution in [1.82, 2.24) is 9.21 Å². The fourth-order valence-electron chi connectivity index (χ4n) is 2.52. The van der Waals surface area contributed by atoms with Gasteiger partial charge in [-0.15, -0.1) is 0 Å². The van der Waals surface area contributed by atoms with E-state index in [0.717, 1.165) is 12.3 Å². The smallest absolute Gasteiger partial charge is 0.254 e. The second kappa shape index (κ2) is 7.27. The van der Waals surface area contributed by atoms with E-state index in [1.54, 1.807) is 11.8 Å². The fraction of sp³-hybridized carbons (Fsp3) is 0.533. The Balaban J connectivity index is 2.10. The molecule has 1 aromatic carbocycles. The van der Waals surface area contributed by atoms with Crippen LogP contribution in [-0.2, 0) is 10.0 Å². The van der Waals surface area contributed by atoms with Crippen molar-refractivity contribution in [3.63, 3.8) is 0 Å². The maximum atomic E-state index is 13.9. The van der Waals surface area contributed by atoms with Gasteiger partial charge in [-0.05, 0) is 31.5 Å². The molecule has 0 N–H and O–H groups in total. The molecule has 1 heterocycles. The van der Waals surface area contributed by atoms with Crippen molar-refractivity contribution in [3.8, 4) is 5.75 Å². The van der Waals surface area contributed by atoms with Gasteiger partial charge >= 0.3 is 0 Å². The largest absolute Gasteiger partial charge is 0.491 e. The molecule has 1 aliphatic rings. The summed E-state index contributed by atoms with van der Waals surface area (Å²) < 4.78 is 43.5. The summed E-state index contributed by atoms with van der Waals surface area (Å²) >= 11 is 0. The third kappa shape index (κ3) is 4.42. The van der Waals surface area contributed by atoms with Crippen molar-refractivity contribution in [1.29, 1.82) is 0 Å². The van der Waals surface area contributed by atoms with Gasteiger partial charge in [0, 0.05) is 31.7 Å². The molecule has 128 valence electrons. The zero-order chi connectivity index (χ0) is 17.0. The lowest BCUT2D eigenvalue weighted by molar-refractivity contribution is 0.0763. The Hall–Kier alpha value is -1.67. The van der Waals surface area contributed by atoms with Gasteiger partial charge in [0.25, 0.3) is 5.91 Å². The average Bonchev–Trinajstić information content (AvgIpc) is 2.74. The second-order valence-corrected chi connectivity index (χ2v) is 7.37. The number of amides is 1. The van der Waals surface area contributed by atoms with Gasteiger partial charge in [-0.25, -0.2) is 17.1 Å². The van der Waals surface area contributed by atoms with Gasteiger partial charge < -0.3 is 9.64 Å². The van der Waals surface area contributed by atoms with Crippen LogP contribution in [0.2, 0.25) is 0 Å². The quantitative estimate of drug-likeness (QED) is 0.826. The molecule has 0 saturated carbocycles. The summed E-state index contributed by atoms with van der Waals surface area (Å²) in [5.74, 6) is -0.768. The highest BCUT2D eigenvalue weighted by molar-refractivity contribution is 7.88. The number of benzene rings is 1. The molecular formula is C15H21FN2O4S. The van der Waals surface area contributed by atoms with Gasteiger partial charge in [-0.2, -0.15) is 0 Å². The van der Waals surface area contributed by atoms with Crippen LogP contribution < -0.4 is 4.74 Å². The molecule has 0 aliphatic carbocycles. The molecule has 0 bridgehead atoms. The monoisotopic (exact) mass is 344 g/mol. The topological polar surface area (TPSA) is 66.9 Å². The molecule has 2 rings (SSSR count). The van der Waals surface area contributed by atoms with Crippen molar-refractivity contribution >= 4 is 15.9 Å². The van der Waals surface area contributed by atoms with Crippen molar-refractivity contribution in [2.75, 3.05) is 39.0 Å². The summed E-state index contributed by atoms with van der Waals surface area (Å²) in [7, 11) is -3.26. The molecule has 8 heteroatoms. The van der Waals surface area contributed by atoms with Crippen molar-refractivity contribution < 1.29 is 22.3 Å². The molecule has 1 amide bonds. The zero-order valence-corrected chi connectivity index (χ0v) is 14.1. The molecule has 1 aromatic rings. The van der Waals surface area contributed by atoms with E-state index in [1.807, 2.05) is 0 Å². The minimum atomic E-state index is -3.26. The third-order valence-corrected chi connectivity index (χ3v) is 4.99. The van der Waals surface area contributed by atoms with E-state index in [1.165, 1.54) is 16.4 Å². The molecule has 1 aliphatic heterocycles. The van der Waals surface area contributed by atoms with Crippen LogP contribution >= 0.6 is 0 Å². The summed E-state index contributed by atoms with van der Waals surface area (Å²) in [5, 5.41) is 0. The second-order valence-electron chi connectivity index (χ2n) is 5.39. The van der Waals surface area contributed by atoms with Gasteiger partial charge in [0.2, 0.25) is 10.0 Å². The lowest BCUT2D eigenvalue weighted by Gasteiger charge is -2.21. The number of ether oxygens (including phenoxy) is 1. The molecule has 0 spiro atoms. The Kier molecular flexibility index (Phi) is 5.59. The fourth-order valence-corrected chi connectivity index (χ4v) is 3.39. The maximum Gasteiger partial charge on any atom is 0.254 e. The molecule has 1 fully saturated rings. The number of carbonyl (C=O) groups excluding carboxylic acids is 1. The van der Waals surface area contributed by atoms with Crippen LogP contribution in [0.3, 0.4) is 0 Å². The molecule has 0 atom stereocenters. The van der Waals surface area contributed by atoms with Crippen LogP contribution in [-0.4, -0.2) is 62.6 Å². The van der Waals surface area contributed by atoms with Crippen LogP contribution in [0.1, 0.15) is 23.7 Å². The molecular weight excluding hydrogens is 323 g/mol. The molecule has 0 unspecified atom stereocenters.